The third-order valence-electron chi connectivity index (χ3n) is 4.50. The van der Waals surface area contributed by atoms with Gasteiger partial charge in [0.25, 0.3) is 0 Å². The van der Waals surface area contributed by atoms with Gasteiger partial charge in [0.2, 0.25) is 10.0 Å². The number of ether oxygens (including phenoxy) is 1. The van der Waals surface area contributed by atoms with Gasteiger partial charge in [-0.2, -0.15) is 9.41 Å². The third kappa shape index (κ3) is 5.83. The van der Waals surface area contributed by atoms with Crippen molar-refractivity contribution in [2.24, 2.45) is 5.10 Å². The van der Waals surface area contributed by atoms with E-state index in [1.807, 2.05) is 37.3 Å². The molecule has 7 nitrogen and oxygen atoms in total. The Morgan fingerprint density at radius 2 is 1.76 bits per heavy atom. The molecule has 0 amide bonds. The van der Waals surface area contributed by atoms with Crippen LogP contribution < -0.4 is 10.7 Å². The number of benzene rings is 2. The van der Waals surface area contributed by atoms with Crippen molar-refractivity contribution in [2.45, 2.75) is 18.4 Å². The fraction of sp³-hybridized carbons (Fsp3) is 0.300. The quantitative estimate of drug-likeness (QED) is 0.413. The molecular formula is C20H24N4O3S2. The van der Waals surface area contributed by atoms with Crippen LogP contribution in [0.1, 0.15) is 18.1 Å². The summed E-state index contributed by atoms with van der Waals surface area (Å²) >= 11 is 5.24. The fourth-order valence-corrected chi connectivity index (χ4v) is 4.35. The van der Waals surface area contributed by atoms with Crippen LogP contribution in [-0.2, 0) is 21.3 Å². The van der Waals surface area contributed by atoms with Crippen LogP contribution >= 0.6 is 12.2 Å². The number of nitrogens with zero attached hydrogens (tertiary/aromatic N) is 2. The van der Waals surface area contributed by atoms with E-state index in [0.717, 1.165) is 11.1 Å². The molecule has 0 aromatic heterocycles. The first-order valence-corrected chi connectivity index (χ1v) is 11.1. The minimum absolute atomic E-state index is 0.268. The number of nitrogens with one attached hydrogen (secondary N) is 2. The van der Waals surface area contributed by atoms with Gasteiger partial charge in [-0.1, -0.05) is 42.5 Å². The number of thiocarbonyl (C=S) groups is 1. The number of rotatable bonds is 6. The van der Waals surface area contributed by atoms with Gasteiger partial charge in [-0.25, -0.2) is 8.42 Å². The summed E-state index contributed by atoms with van der Waals surface area (Å²) in [7, 11) is -3.50. The number of morpholine rings is 1. The second-order valence-corrected chi connectivity index (χ2v) is 8.86. The Kier molecular flexibility index (Phi) is 7.32. The molecular weight excluding hydrogens is 408 g/mol. The number of hydrogen-bond acceptors (Lipinski definition) is 5. The van der Waals surface area contributed by atoms with E-state index >= 15 is 0 Å². The molecule has 1 aliphatic heterocycles. The largest absolute Gasteiger partial charge is 0.379 e. The van der Waals surface area contributed by atoms with Crippen LogP contribution in [0.2, 0.25) is 0 Å². The minimum atomic E-state index is -3.50. The maximum Gasteiger partial charge on any atom is 0.243 e. The zero-order valence-corrected chi connectivity index (χ0v) is 17.8. The molecule has 29 heavy (non-hydrogen) atoms. The molecule has 2 aromatic carbocycles. The molecule has 154 valence electrons. The maximum atomic E-state index is 12.7. The van der Waals surface area contributed by atoms with Crippen LogP contribution in [0.3, 0.4) is 0 Å². The van der Waals surface area contributed by atoms with Crippen molar-refractivity contribution < 1.29 is 13.2 Å². The summed E-state index contributed by atoms with van der Waals surface area (Å²) in [6, 6.07) is 16.6. The minimum Gasteiger partial charge on any atom is -0.379 e. The van der Waals surface area contributed by atoms with Gasteiger partial charge < -0.3 is 10.1 Å². The third-order valence-corrected chi connectivity index (χ3v) is 6.65. The molecule has 0 aliphatic carbocycles. The molecule has 0 saturated carbocycles. The maximum absolute atomic E-state index is 12.7. The number of hydrazone groups is 1. The first-order chi connectivity index (χ1) is 14.0. The van der Waals surface area contributed by atoms with Gasteiger partial charge in [-0.3, -0.25) is 5.43 Å². The molecule has 3 rings (SSSR count). The molecule has 2 aromatic rings. The van der Waals surface area contributed by atoms with Gasteiger partial charge in [-0.15, -0.1) is 0 Å². The summed E-state index contributed by atoms with van der Waals surface area (Å²) in [6.07, 6.45) is 0. The zero-order valence-electron chi connectivity index (χ0n) is 16.2. The molecule has 1 fully saturated rings. The van der Waals surface area contributed by atoms with Gasteiger partial charge in [0, 0.05) is 19.6 Å². The van der Waals surface area contributed by atoms with E-state index in [2.05, 4.69) is 15.8 Å². The molecule has 0 bridgehead atoms. The number of sulfonamides is 1. The lowest BCUT2D eigenvalue weighted by Crippen LogP contribution is -2.40. The van der Waals surface area contributed by atoms with Crippen LogP contribution in [-0.4, -0.2) is 49.9 Å². The molecule has 1 saturated heterocycles. The van der Waals surface area contributed by atoms with E-state index < -0.39 is 10.0 Å². The molecule has 0 spiro atoms. The van der Waals surface area contributed by atoms with Crippen LogP contribution in [0.15, 0.2) is 64.6 Å². The van der Waals surface area contributed by atoms with E-state index in [-0.39, 0.29) is 4.90 Å². The van der Waals surface area contributed by atoms with E-state index in [1.165, 1.54) is 4.31 Å². The monoisotopic (exact) mass is 432 g/mol. The van der Waals surface area contributed by atoms with Crippen molar-refractivity contribution in [3.8, 4) is 0 Å². The SMILES string of the molecule is C/C(=N\NC(=S)NCc1ccccc1)c1ccc(S(=O)(=O)N2CCOCC2)cc1. The van der Waals surface area contributed by atoms with Crippen molar-refractivity contribution >= 4 is 33.1 Å². The Balaban J connectivity index is 1.57. The predicted octanol–water partition coefficient (Wildman–Crippen LogP) is 2.10. The van der Waals surface area contributed by atoms with E-state index in [1.54, 1.807) is 24.3 Å². The van der Waals surface area contributed by atoms with Crippen LogP contribution in [0.4, 0.5) is 0 Å². The first-order valence-electron chi connectivity index (χ1n) is 9.27. The summed E-state index contributed by atoms with van der Waals surface area (Å²) in [6.45, 7) is 4.04. The van der Waals surface area contributed by atoms with E-state index in [0.29, 0.717) is 43.7 Å². The Morgan fingerprint density at radius 3 is 2.41 bits per heavy atom. The summed E-state index contributed by atoms with van der Waals surface area (Å²) in [5.74, 6) is 0. The Morgan fingerprint density at radius 1 is 1.10 bits per heavy atom. The molecule has 2 N–H and O–H groups in total. The lowest BCUT2D eigenvalue weighted by Gasteiger charge is -2.26. The van der Waals surface area contributed by atoms with Crippen molar-refractivity contribution in [1.82, 2.24) is 15.0 Å². The molecule has 1 heterocycles. The lowest BCUT2D eigenvalue weighted by molar-refractivity contribution is 0.0730. The topological polar surface area (TPSA) is 83.0 Å². The highest BCUT2D eigenvalue weighted by atomic mass is 32.2. The van der Waals surface area contributed by atoms with E-state index in [9.17, 15) is 8.42 Å². The summed E-state index contributed by atoms with van der Waals surface area (Å²) in [4.78, 5) is 0.268. The van der Waals surface area contributed by atoms with Gasteiger partial charge in [0.05, 0.1) is 23.8 Å². The number of hydrogen-bond donors (Lipinski definition) is 2. The zero-order chi connectivity index (χ0) is 20.7. The second kappa shape index (κ2) is 9.93. The van der Waals surface area contributed by atoms with Crippen molar-refractivity contribution in [1.29, 1.82) is 0 Å². The first kappa shape index (κ1) is 21.4. The Bertz CT molecular complexity index is 955. The molecule has 9 heteroatoms. The Hall–Kier alpha value is -2.33. The smallest absolute Gasteiger partial charge is 0.243 e. The van der Waals surface area contributed by atoms with Crippen LogP contribution in [0.25, 0.3) is 0 Å². The summed E-state index contributed by atoms with van der Waals surface area (Å²) < 4.78 is 32.0. The van der Waals surface area contributed by atoms with Crippen molar-refractivity contribution in [3.63, 3.8) is 0 Å². The second-order valence-electron chi connectivity index (χ2n) is 6.52. The van der Waals surface area contributed by atoms with Gasteiger partial charge >= 0.3 is 0 Å². The van der Waals surface area contributed by atoms with Gasteiger partial charge in [0.1, 0.15) is 0 Å². The summed E-state index contributed by atoms with van der Waals surface area (Å²) in [5.41, 5.74) is 5.44. The highest BCUT2D eigenvalue weighted by molar-refractivity contribution is 7.89. The lowest BCUT2D eigenvalue weighted by atomic mass is 10.1. The van der Waals surface area contributed by atoms with Crippen LogP contribution in [0, 0.1) is 0 Å². The van der Waals surface area contributed by atoms with Crippen molar-refractivity contribution in [3.05, 3.63) is 65.7 Å². The average molecular weight is 433 g/mol. The van der Waals surface area contributed by atoms with E-state index in [4.69, 9.17) is 17.0 Å². The molecule has 0 atom stereocenters. The molecule has 0 radical (unpaired) electrons. The van der Waals surface area contributed by atoms with Crippen LogP contribution in [0.5, 0.6) is 0 Å². The Labute approximate surface area is 176 Å². The fourth-order valence-electron chi connectivity index (χ4n) is 2.82. The molecule has 1 aliphatic rings. The molecule has 0 unspecified atom stereocenters. The standard InChI is InChI=1S/C20H24N4O3S2/c1-16(22-23-20(28)21-15-17-5-3-2-4-6-17)18-7-9-19(10-8-18)29(25,26)24-11-13-27-14-12-24/h2-10H,11-15H2,1H3,(H2,21,23,28)/b22-16+. The highest BCUT2D eigenvalue weighted by Gasteiger charge is 2.26. The summed E-state index contributed by atoms with van der Waals surface area (Å²) in [5, 5.41) is 7.78. The predicted molar refractivity (Wildman–Crippen MR) is 117 cm³/mol. The normalized spacial score (nSPS) is 15.7. The van der Waals surface area contributed by atoms with Gasteiger partial charge in [0.15, 0.2) is 5.11 Å². The van der Waals surface area contributed by atoms with Crippen molar-refractivity contribution in [2.75, 3.05) is 26.3 Å². The highest BCUT2D eigenvalue weighted by Crippen LogP contribution is 2.18. The average Bonchev–Trinajstić information content (AvgIpc) is 2.77. The van der Waals surface area contributed by atoms with Gasteiger partial charge in [-0.05, 0) is 42.4 Å².